The smallest absolute Gasteiger partial charge is 0.338 e. The van der Waals surface area contributed by atoms with Gasteiger partial charge in [0, 0.05) is 20.2 Å². The molecule has 0 spiro atoms. The monoisotopic (exact) mass is 395 g/mol. The second kappa shape index (κ2) is 10.2. The van der Waals surface area contributed by atoms with E-state index >= 15 is 0 Å². The van der Waals surface area contributed by atoms with Gasteiger partial charge in [0.05, 0.1) is 12.2 Å². The van der Waals surface area contributed by atoms with Gasteiger partial charge in [-0.25, -0.2) is 4.79 Å². The third-order valence-electron chi connectivity index (χ3n) is 5.43. The van der Waals surface area contributed by atoms with Crippen LogP contribution >= 0.6 is 0 Å². The predicted molar refractivity (Wildman–Crippen MR) is 111 cm³/mol. The van der Waals surface area contributed by atoms with Crippen LogP contribution < -0.4 is 0 Å². The van der Waals surface area contributed by atoms with Crippen molar-refractivity contribution < 1.29 is 19.1 Å². The highest BCUT2D eigenvalue weighted by Crippen LogP contribution is 2.22. The van der Waals surface area contributed by atoms with Crippen molar-refractivity contribution in [1.82, 2.24) is 4.90 Å². The molecule has 1 saturated heterocycles. The fraction of sp³-hybridized carbons (Fsp3) is 0.417. The number of hydrogen-bond acceptors (Lipinski definition) is 4. The van der Waals surface area contributed by atoms with Gasteiger partial charge >= 0.3 is 5.97 Å². The fourth-order valence-corrected chi connectivity index (χ4v) is 3.74. The lowest BCUT2D eigenvalue weighted by Crippen LogP contribution is -2.44. The third-order valence-corrected chi connectivity index (χ3v) is 5.43. The minimum absolute atomic E-state index is 0.118. The van der Waals surface area contributed by atoms with Crippen LogP contribution in [0.5, 0.6) is 0 Å². The molecule has 3 rings (SSSR count). The maximum atomic E-state index is 12.7. The molecule has 0 N–H and O–H groups in total. The lowest BCUT2D eigenvalue weighted by Gasteiger charge is -2.33. The van der Waals surface area contributed by atoms with E-state index in [-0.39, 0.29) is 5.91 Å². The number of piperidine rings is 1. The summed E-state index contributed by atoms with van der Waals surface area (Å²) in [6, 6.07) is 17.5. The lowest BCUT2D eigenvalue weighted by molar-refractivity contribution is -0.141. The van der Waals surface area contributed by atoms with Crippen LogP contribution in [0.25, 0.3) is 0 Å². The van der Waals surface area contributed by atoms with Gasteiger partial charge in [-0.3, -0.25) is 4.79 Å². The summed E-state index contributed by atoms with van der Waals surface area (Å²) >= 11 is 0. The molecule has 0 saturated carbocycles. The van der Waals surface area contributed by atoms with Gasteiger partial charge in [-0.2, -0.15) is 0 Å². The minimum atomic E-state index is -0.785. The Bertz CT molecular complexity index is 795. The van der Waals surface area contributed by atoms with Gasteiger partial charge < -0.3 is 14.4 Å². The molecule has 29 heavy (non-hydrogen) atoms. The Morgan fingerprint density at radius 2 is 1.66 bits per heavy atom. The van der Waals surface area contributed by atoms with Crippen LogP contribution in [0.4, 0.5) is 0 Å². The van der Waals surface area contributed by atoms with E-state index in [1.807, 2.05) is 23.1 Å². The van der Waals surface area contributed by atoms with Gasteiger partial charge in [-0.15, -0.1) is 0 Å². The van der Waals surface area contributed by atoms with E-state index in [2.05, 4.69) is 24.3 Å². The number of benzene rings is 2. The van der Waals surface area contributed by atoms with E-state index in [4.69, 9.17) is 9.47 Å². The molecule has 5 nitrogen and oxygen atoms in total. The van der Waals surface area contributed by atoms with Crippen LogP contribution in [0.2, 0.25) is 0 Å². The summed E-state index contributed by atoms with van der Waals surface area (Å²) in [5.74, 6) is -0.00813. The molecule has 5 heteroatoms. The second-order valence-corrected chi connectivity index (χ2v) is 7.64. The number of methoxy groups -OCH3 is 1. The summed E-state index contributed by atoms with van der Waals surface area (Å²) in [5.41, 5.74) is 2.76. The highest BCUT2D eigenvalue weighted by atomic mass is 16.5. The number of carbonyl (C=O) groups excluding carboxylic acids is 2. The van der Waals surface area contributed by atoms with Crippen molar-refractivity contribution in [2.24, 2.45) is 5.92 Å². The largest absolute Gasteiger partial charge is 0.449 e. The maximum absolute atomic E-state index is 12.7. The Labute approximate surface area is 172 Å². The van der Waals surface area contributed by atoms with Crippen molar-refractivity contribution >= 4 is 11.9 Å². The molecule has 2 aromatic carbocycles. The molecule has 0 radical (unpaired) electrons. The van der Waals surface area contributed by atoms with E-state index in [9.17, 15) is 9.59 Å². The first-order valence-corrected chi connectivity index (χ1v) is 10.2. The van der Waals surface area contributed by atoms with Crippen LogP contribution in [0.15, 0.2) is 54.6 Å². The molecule has 154 valence electrons. The zero-order valence-corrected chi connectivity index (χ0v) is 17.2. The fourth-order valence-electron chi connectivity index (χ4n) is 3.74. The Morgan fingerprint density at radius 1 is 1.00 bits per heavy atom. The first-order valence-electron chi connectivity index (χ1n) is 10.2. The van der Waals surface area contributed by atoms with Crippen LogP contribution in [0.1, 0.15) is 41.3 Å². The molecule has 1 aliphatic heterocycles. The standard InChI is InChI=1S/C24H29NO4/c1-18(29-24(27)22-10-8-21(9-11-22)17-28-2)23(26)25-14-12-20(13-15-25)16-19-6-4-3-5-7-19/h3-11,18,20H,12-17H2,1-2H3. The lowest BCUT2D eigenvalue weighted by atomic mass is 9.90. The molecule has 1 heterocycles. The Balaban J connectivity index is 1.47. The molecule has 1 fully saturated rings. The van der Waals surface area contributed by atoms with Crippen LogP contribution in [0.3, 0.4) is 0 Å². The highest BCUT2D eigenvalue weighted by molar-refractivity contribution is 5.92. The third kappa shape index (κ3) is 5.91. The molecule has 0 aromatic heterocycles. The van der Waals surface area contributed by atoms with Crippen LogP contribution in [-0.4, -0.2) is 43.1 Å². The molecule has 1 amide bonds. The number of carbonyl (C=O) groups is 2. The molecule has 1 unspecified atom stereocenters. The van der Waals surface area contributed by atoms with Gasteiger partial charge in [0.1, 0.15) is 0 Å². The van der Waals surface area contributed by atoms with Gasteiger partial charge in [-0.05, 0) is 55.4 Å². The number of likely N-dealkylation sites (tertiary alicyclic amines) is 1. The Hall–Kier alpha value is -2.66. The molecule has 1 aliphatic rings. The number of hydrogen-bond donors (Lipinski definition) is 0. The van der Waals surface area contributed by atoms with Crippen molar-refractivity contribution in [3.8, 4) is 0 Å². The molecular formula is C24H29NO4. The molecule has 0 aliphatic carbocycles. The van der Waals surface area contributed by atoms with Crippen molar-refractivity contribution in [3.05, 3.63) is 71.3 Å². The Kier molecular flexibility index (Phi) is 7.42. The summed E-state index contributed by atoms with van der Waals surface area (Å²) in [4.78, 5) is 26.9. The number of rotatable bonds is 7. The van der Waals surface area contributed by atoms with E-state index in [1.54, 1.807) is 26.2 Å². The summed E-state index contributed by atoms with van der Waals surface area (Å²) in [5, 5.41) is 0. The minimum Gasteiger partial charge on any atom is -0.449 e. The van der Waals surface area contributed by atoms with Gasteiger partial charge in [0.15, 0.2) is 6.10 Å². The normalized spacial score (nSPS) is 15.7. The second-order valence-electron chi connectivity index (χ2n) is 7.64. The summed E-state index contributed by atoms with van der Waals surface area (Å²) in [6.07, 6.45) is 2.21. The first kappa shape index (κ1) is 21.1. The van der Waals surface area contributed by atoms with E-state index in [1.165, 1.54) is 5.56 Å². The number of nitrogens with zero attached hydrogens (tertiary/aromatic N) is 1. The first-order chi connectivity index (χ1) is 14.1. The van der Waals surface area contributed by atoms with Crippen LogP contribution in [-0.2, 0) is 27.3 Å². The van der Waals surface area contributed by atoms with Crippen molar-refractivity contribution in [2.75, 3.05) is 20.2 Å². The van der Waals surface area contributed by atoms with E-state index in [0.29, 0.717) is 31.2 Å². The topological polar surface area (TPSA) is 55.8 Å². The van der Waals surface area contributed by atoms with Crippen molar-refractivity contribution in [3.63, 3.8) is 0 Å². The van der Waals surface area contributed by atoms with Gasteiger partial charge in [0.2, 0.25) is 0 Å². The highest BCUT2D eigenvalue weighted by Gasteiger charge is 2.28. The molecule has 0 bridgehead atoms. The summed E-state index contributed by atoms with van der Waals surface area (Å²) in [7, 11) is 1.62. The van der Waals surface area contributed by atoms with Crippen molar-refractivity contribution in [1.29, 1.82) is 0 Å². The SMILES string of the molecule is COCc1ccc(C(=O)OC(C)C(=O)N2CCC(Cc3ccccc3)CC2)cc1. The van der Waals surface area contributed by atoms with E-state index in [0.717, 1.165) is 24.8 Å². The molecule has 1 atom stereocenters. The summed E-state index contributed by atoms with van der Waals surface area (Å²) < 4.78 is 10.5. The number of ether oxygens (including phenoxy) is 2. The zero-order chi connectivity index (χ0) is 20.6. The quantitative estimate of drug-likeness (QED) is 0.668. The Morgan fingerprint density at radius 3 is 2.28 bits per heavy atom. The van der Waals surface area contributed by atoms with Gasteiger partial charge in [0.25, 0.3) is 5.91 Å². The predicted octanol–water partition coefficient (Wildman–Crippen LogP) is 3.86. The zero-order valence-electron chi connectivity index (χ0n) is 17.2. The average Bonchev–Trinajstić information content (AvgIpc) is 2.75. The average molecular weight is 395 g/mol. The maximum Gasteiger partial charge on any atom is 0.338 e. The van der Waals surface area contributed by atoms with Gasteiger partial charge in [-0.1, -0.05) is 42.5 Å². The summed E-state index contributed by atoms with van der Waals surface area (Å²) in [6.45, 7) is 3.56. The van der Waals surface area contributed by atoms with Crippen molar-refractivity contribution in [2.45, 2.75) is 38.9 Å². The van der Waals surface area contributed by atoms with E-state index < -0.39 is 12.1 Å². The number of esters is 1. The molecule has 2 aromatic rings. The molecular weight excluding hydrogens is 366 g/mol. The van der Waals surface area contributed by atoms with Crippen LogP contribution in [0, 0.1) is 5.92 Å². The number of amides is 1.